The van der Waals surface area contributed by atoms with Crippen molar-refractivity contribution in [2.24, 2.45) is 0 Å². The molecule has 1 aliphatic carbocycles. The van der Waals surface area contributed by atoms with E-state index in [0.717, 1.165) is 37.3 Å². The second-order valence-electron chi connectivity index (χ2n) is 6.60. The Morgan fingerprint density at radius 1 is 0.885 bits per heavy atom. The Morgan fingerprint density at radius 3 is 2.04 bits per heavy atom. The number of aliphatic hydroxyl groups is 1. The third-order valence-electron chi connectivity index (χ3n) is 4.71. The second kappa shape index (κ2) is 8.63. The topological polar surface area (TPSA) is 94.8 Å². The summed E-state index contributed by atoms with van der Waals surface area (Å²) in [4.78, 5) is 21.1. The number of carboxylic acids is 2. The summed E-state index contributed by atoms with van der Waals surface area (Å²) >= 11 is 0. The predicted octanol–water partition coefficient (Wildman–Crippen LogP) is 4.23. The van der Waals surface area contributed by atoms with Crippen LogP contribution >= 0.6 is 0 Å². The Hall–Kier alpha value is -2.66. The molecule has 2 aromatic carbocycles. The van der Waals surface area contributed by atoms with Gasteiger partial charge in [-0.2, -0.15) is 0 Å². The van der Waals surface area contributed by atoms with Gasteiger partial charge >= 0.3 is 11.9 Å². The van der Waals surface area contributed by atoms with Crippen LogP contribution in [0.3, 0.4) is 0 Å². The Kier molecular flexibility index (Phi) is 6.52. The lowest BCUT2D eigenvalue weighted by Crippen LogP contribution is -2.28. The molecule has 0 heterocycles. The van der Waals surface area contributed by atoms with Gasteiger partial charge in [0.2, 0.25) is 0 Å². The summed E-state index contributed by atoms with van der Waals surface area (Å²) in [6, 6.07) is 14.1. The van der Waals surface area contributed by atoms with Crippen LogP contribution in [0.1, 0.15) is 63.9 Å². The third kappa shape index (κ3) is 4.92. The first-order valence-corrected chi connectivity index (χ1v) is 8.68. The van der Waals surface area contributed by atoms with E-state index in [1.165, 1.54) is 18.6 Å². The number of aromatic carboxylic acids is 2. The molecule has 2 aromatic rings. The van der Waals surface area contributed by atoms with Crippen LogP contribution in [0, 0.1) is 6.92 Å². The summed E-state index contributed by atoms with van der Waals surface area (Å²) in [5, 5.41) is 27.6. The van der Waals surface area contributed by atoms with E-state index in [0.29, 0.717) is 5.56 Å². The summed E-state index contributed by atoms with van der Waals surface area (Å²) in [6.07, 6.45) is 5.44. The zero-order valence-electron chi connectivity index (χ0n) is 14.8. The van der Waals surface area contributed by atoms with Crippen molar-refractivity contribution < 1.29 is 24.9 Å². The number of carbonyl (C=O) groups is 2. The first-order chi connectivity index (χ1) is 12.3. The van der Waals surface area contributed by atoms with Crippen molar-refractivity contribution in [2.45, 2.75) is 44.6 Å². The number of hydrogen-bond donors (Lipinski definition) is 3. The molecule has 0 saturated heterocycles. The number of carboxylic acid groups (broad SMARTS) is 2. The van der Waals surface area contributed by atoms with Gasteiger partial charge in [0.1, 0.15) is 0 Å². The van der Waals surface area contributed by atoms with Gasteiger partial charge in [-0.1, -0.05) is 55.7 Å². The summed E-state index contributed by atoms with van der Waals surface area (Å²) < 4.78 is 0. The first kappa shape index (κ1) is 19.7. The maximum atomic E-state index is 10.6. The van der Waals surface area contributed by atoms with E-state index in [2.05, 4.69) is 0 Å². The van der Waals surface area contributed by atoms with Gasteiger partial charge in [-0.05, 0) is 43.0 Å². The fourth-order valence-corrected chi connectivity index (χ4v) is 3.16. The highest BCUT2D eigenvalue weighted by Crippen LogP contribution is 2.36. The fraction of sp³-hybridized carbons (Fsp3) is 0.333. The molecular weight excluding hydrogens is 332 g/mol. The van der Waals surface area contributed by atoms with Crippen LogP contribution in [-0.4, -0.2) is 27.3 Å². The minimum Gasteiger partial charge on any atom is -0.478 e. The van der Waals surface area contributed by atoms with Crippen molar-refractivity contribution in [2.75, 3.05) is 0 Å². The molecule has 138 valence electrons. The largest absolute Gasteiger partial charge is 0.478 e. The third-order valence-corrected chi connectivity index (χ3v) is 4.71. The number of aryl methyl sites for hydroxylation is 1. The highest BCUT2D eigenvalue weighted by atomic mass is 16.4. The lowest BCUT2D eigenvalue weighted by atomic mass is 9.80. The fourth-order valence-electron chi connectivity index (χ4n) is 3.16. The normalized spacial score (nSPS) is 15.5. The molecule has 3 N–H and O–H groups in total. The minimum atomic E-state index is -1.12. The van der Waals surface area contributed by atoms with Crippen LogP contribution in [0.2, 0.25) is 0 Å². The zero-order valence-corrected chi connectivity index (χ0v) is 14.8. The molecular formula is C21H24O5. The van der Waals surface area contributed by atoms with Gasteiger partial charge in [0.15, 0.2) is 0 Å². The first-order valence-electron chi connectivity index (χ1n) is 8.68. The zero-order chi connectivity index (χ0) is 19.2. The van der Waals surface area contributed by atoms with Crippen LogP contribution in [0.4, 0.5) is 0 Å². The van der Waals surface area contributed by atoms with Crippen molar-refractivity contribution in [3.8, 4) is 0 Å². The van der Waals surface area contributed by atoms with Crippen LogP contribution in [0.25, 0.3) is 0 Å². The Balaban J connectivity index is 0.000000187. The lowest BCUT2D eigenvalue weighted by molar-refractivity contribution is -0.000634. The SMILES string of the molecule is Cc1ccc(C(=O)O)cc1C(=O)O.OC1(c2ccccc2)CCCCC1. The highest BCUT2D eigenvalue weighted by Gasteiger charge is 2.30. The molecule has 0 aliphatic heterocycles. The van der Waals surface area contributed by atoms with Gasteiger partial charge in [0.05, 0.1) is 16.7 Å². The maximum absolute atomic E-state index is 10.6. The molecule has 0 unspecified atom stereocenters. The predicted molar refractivity (Wildman–Crippen MR) is 98.5 cm³/mol. The van der Waals surface area contributed by atoms with Crippen LogP contribution < -0.4 is 0 Å². The number of rotatable bonds is 3. The summed E-state index contributed by atoms with van der Waals surface area (Å²) in [5.74, 6) is -2.23. The molecule has 0 spiro atoms. The molecule has 0 aromatic heterocycles. The van der Waals surface area contributed by atoms with Gasteiger partial charge in [-0.15, -0.1) is 0 Å². The van der Waals surface area contributed by atoms with Crippen LogP contribution in [0.5, 0.6) is 0 Å². The molecule has 0 radical (unpaired) electrons. The Morgan fingerprint density at radius 2 is 1.50 bits per heavy atom. The molecule has 0 atom stereocenters. The second-order valence-corrected chi connectivity index (χ2v) is 6.60. The number of benzene rings is 2. The quantitative estimate of drug-likeness (QED) is 0.765. The standard InChI is InChI=1S/C12H16O.C9H8O4/c13-12(9-5-2-6-10-12)11-7-3-1-4-8-11;1-5-2-3-6(8(10)11)4-7(5)9(12)13/h1,3-4,7-8,13H,2,5-6,9-10H2;2-4H,1H3,(H,10,11)(H,12,13). The van der Waals surface area contributed by atoms with E-state index in [1.54, 1.807) is 6.92 Å². The van der Waals surface area contributed by atoms with Crippen molar-refractivity contribution >= 4 is 11.9 Å². The van der Waals surface area contributed by atoms with Gasteiger partial charge < -0.3 is 15.3 Å². The molecule has 3 rings (SSSR count). The van der Waals surface area contributed by atoms with Crippen LogP contribution in [-0.2, 0) is 5.60 Å². The Labute approximate surface area is 152 Å². The molecule has 0 amide bonds. The van der Waals surface area contributed by atoms with Gasteiger partial charge in [0, 0.05) is 0 Å². The highest BCUT2D eigenvalue weighted by molar-refractivity contribution is 5.94. The average molecular weight is 356 g/mol. The van der Waals surface area contributed by atoms with E-state index in [-0.39, 0.29) is 11.1 Å². The summed E-state index contributed by atoms with van der Waals surface area (Å²) in [6.45, 7) is 1.62. The van der Waals surface area contributed by atoms with E-state index in [4.69, 9.17) is 10.2 Å². The molecule has 5 heteroatoms. The van der Waals surface area contributed by atoms with Gasteiger partial charge in [0.25, 0.3) is 0 Å². The maximum Gasteiger partial charge on any atom is 0.335 e. The molecule has 0 bridgehead atoms. The van der Waals surface area contributed by atoms with Crippen LogP contribution in [0.15, 0.2) is 48.5 Å². The minimum absolute atomic E-state index is 0.0111. The van der Waals surface area contributed by atoms with Gasteiger partial charge in [-0.25, -0.2) is 9.59 Å². The lowest BCUT2D eigenvalue weighted by Gasteiger charge is -2.32. The van der Waals surface area contributed by atoms with E-state index >= 15 is 0 Å². The van der Waals surface area contributed by atoms with E-state index in [1.807, 2.05) is 30.3 Å². The van der Waals surface area contributed by atoms with Crippen molar-refractivity contribution in [3.05, 3.63) is 70.8 Å². The van der Waals surface area contributed by atoms with Crippen molar-refractivity contribution in [1.29, 1.82) is 0 Å². The molecule has 5 nitrogen and oxygen atoms in total. The summed E-state index contributed by atoms with van der Waals surface area (Å²) in [5.41, 5.74) is 1.13. The molecule has 1 saturated carbocycles. The smallest absolute Gasteiger partial charge is 0.335 e. The monoisotopic (exact) mass is 356 g/mol. The molecule has 26 heavy (non-hydrogen) atoms. The number of hydrogen-bond acceptors (Lipinski definition) is 3. The Bertz CT molecular complexity index is 761. The van der Waals surface area contributed by atoms with Crippen molar-refractivity contribution in [1.82, 2.24) is 0 Å². The van der Waals surface area contributed by atoms with E-state index < -0.39 is 17.5 Å². The van der Waals surface area contributed by atoms with E-state index in [9.17, 15) is 14.7 Å². The average Bonchev–Trinajstić information content (AvgIpc) is 2.63. The van der Waals surface area contributed by atoms with Crippen molar-refractivity contribution in [3.63, 3.8) is 0 Å². The van der Waals surface area contributed by atoms with Gasteiger partial charge in [-0.3, -0.25) is 0 Å². The summed E-state index contributed by atoms with van der Waals surface area (Å²) in [7, 11) is 0. The molecule has 1 aliphatic rings. The molecule has 1 fully saturated rings.